The van der Waals surface area contributed by atoms with Gasteiger partial charge in [0.25, 0.3) is 0 Å². The number of carbonyl (C=O) groups is 2. The zero-order valence-corrected chi connectivity index (χ0v) is 17.6. The molecule has 2 N–H and O–H groups in total. The average Bonchev–Trinajstić information content (AvgIpc) is 2.91. The number of hydrogen-bond donors (Lipinski definition) is 2. The van der Waals surface area contributed by atoms with Crippen LogP contribution in [0.25, 0.3) is 0 Å². The van der Waals surface area contributed by atoms with Gasteiger partial charge in [-0.15, -0.1) is 0 Å². The van der Waals surface area contributed by atoms with E-state index in [1.165, 1.54) is 19.3 Å². The Bertz CT molecular complexity index is 678. The molecule has 1 aliphatic heterocycles. The lowest BCUT2D eigenvalue weighted by atomic mass is 9.48. The van der Waals surface area contributed by atoms with Gasteiger partial charge in [-0.3, -0.25) is 9.59 Å². The SMILES string of the molecule is CC(C)(C)NC(=O)[C@H]1CC[C@@H]2[C@@H]3CC[C@@H]4NC(=O)C=C[C@@]4(C)[C@@H]3CC[C@@]12C. The first kappa shape index (κ1) is 19.0. The third kappa shape index (κ3) is 2.94. The maximum absolute atomic E-state index is 13.0. The Balaban J connectivity index is 1.58. The van der Waals surface area contributed by atoms with Gasteiger partial charge >= 0.3 is 0 Å². The molecule has 0 spiro atoms. The van der Waals surface area contributed by atoms with Crippen molar-refractivity contribution in [1.82, 2.24) is 10.6 Å². The summed E-state index contributed by atoms with van der Waals surface area (Å²) in [5.74, 6) is 2.41. The summed E-state index contributed by atoms with van der Waals surface area (Å²) in [6.45, 7) is 11.0. The fraction of sp³-hybridized carbons (Fsp3) is 0.826. The number of fused-ring (bicyclic) bond motifs is 5. The second kappa shape index (κ2) is 6.09. The van der Waals surface area contributed by atoms with Crippen LogP contribution in [0.4, 0.5) is 0 Å². The molecule has 4 aliphatic rings. The van der Waals surface area contributed by atoms with E-state index < -0.39 is 0 Å². The monoisotopic (exact) mass is 372 g/mol. The Morgan fingerprint density at radius 3 is 2.56 bits per heavy atom. The Labute approximate surface area is 163 Å². The van der Waals surface area contributed by atoms with Gasteiger partial charge in [-0.25, -0.2) is 0 Å². The molecular weight excluding hydrogens is 336 g/mol. The van der Waals surface area contributed by atoms with Crippen LogP contribution in [0.1, 0.15) is 73.1 Å². The molecule has 7 atom stereocenters. The summed E-state index contributed by atoms with van der Waals surface area (Å²) in [6.07, 6.45) is 10.7. The number of hydrogen-bond acceptors (Lipinski definition) is 2. The van der Waals surface area contributed by atoms with Crippen molar-refractivity contribution in [1.29, 1.82) is 0 Å². The molecule has 0 aromatic rings. The second-order valence-electron chi connectivity index (χ2n) is 11.1. The number of nitrogens with one attached hydrogen (secondary N) is 2. The van der Waals surface area contributed by atoms with Crippen molar-refractivity contribution in [2.45, 2.75) is 84.7 Å². The molecule has 150 valence electrons. The molecule has 0 radical (unpaired) electrons. The molecule has 27 heavy (non-hydrogen) atoms. The van der Waals surface area contributed by atoms with Gasteiger partial charge in [0.1, 0.15) is 0 Å². The topological polar surface area (TPSA) is 58.2 Å². The van der Waals surface area contributed by atoms with Crippen molar-refractivity contribution in [3.8, 4) is 0 Å². The minimum Gasteiger partial charge on any atom is -0.351 e. The van der Waals surface area contributed by atoms with Crippen LogP contribution >= 0.6 is 0 Å². The molecule has 2 amide bonds. The van der Waals surface area contributed by atoms with Crippen molar-refractivity contribution in [2.75, 3.05) is 0 Å². The van der Waals surface area contributed by atoms with Gasteiger partial charge in [0.15, 0.2) is 0 Å². The van der Waals surface area contributed by atoms with Gasteiger partial charge in [0.2, 0.25) is 11.8 Å². The Morgan fingerprint density at radius 2 is 1.85 bits per heavy atom. The third-order valence-electron chi connectivity index (χ3n) is 8.50. The third-order valence-corrected chi connectivity index (χ3v) is 8.50. The van der Waals surface area contributed by atoms with E-state index in [0.29, 0.717) is 17.8 Å². The van der Waals surface area contributed by atoms with Gasteiger partial charge in [-0.2, -0.15) is 0 Å². The molecule has 1 heterocycles. The highest BCUT2D eigenvalue weighted by atomic mass is 16.2. The van der Waals surface area contributed by atoms with E-state index in [1.807, 2.05) is 0 Å². The lowest BCUT2D eigenvalue weighted by Gasteiger charge is -2.58. The smallest absolute Gasteiger partial charge is 0.243 e. The quantitative estimate of drug-likeness (QED) is 0.735. The predicted octanol–water partition coefficient (Wildman–Crippen LogP) is 3.81. The van der Waals surface area contributed by atoms with Crippen molar-refractivity contribution in [3.05, 3.63) is 12.2 Å². The summed E-state index contributed by atoms with van der Waals surface area (Å²) < 4.78 is 0. The largest absolute Gasteiger partial charge is 0.351 e. The molecule has 4 rings (SSSR count). The first-order valence-corrected chi connectivity index (χ1v) is 10.9. The number of amides is 2. The fourth-order valence-electron chi connectivity index (χ4n) is 7.22. The maximum Gasteiger partial charge on any atom is 0.243 e. The van der Waals surface area contributed by atoms with Gasteiger partial charge in [0.05, 0.1) is 0 Å². The minimum absolute atomic E-state index is 0.0661. The summed E-state index contributed by atoms with van der Waals surface area (Å²) in [7, 11) is 0. The van der Waals surface area contributed by atoms with Crippen LogP contribution in [0.2, 0.25) is 0 Å². The Morgan fingerprint density at radius 1 is 1.11 bits per heavy atom. The zero-order valence-electron chi connectivity index (χ0n) is 17.6. The molecule has 0 aromatic carbocycles. The summed E-state index contributed by atoms with van der Waals surface area (Å²) in [6, 6.07) is 0.280. The van der Waals surface area contributed by atoms with Crippen LogP contribution in [-0.4, -0.2) is 23.4 Å². The second-order valence-corrected chi connectivity index (χ2v) is 11.1. The molecule has 3 saturated carbocycles. The highest BCUT2D eigenvalue weighted by Gasteiger charge is 2.60. The highest BCUT2D eigenvalue weighted by Crippen LogP contribution is 2.65. The summed E-state index contributed by atoms with van der Waals surface area (Å²) in [5.41, 5.74) is 0.0323. The van der Waals surface area contributed by atoms with Gasteiger partial charge in [0, 0.05) is 22.9 Å². The standard InChI is InChI=1S/C23H36N2O2/c1-21(2,3)25-20(27)17-8-7-15-14-6-9-18-23(5,13-11-19(26)24-18)16(14)10-12-22(15,17)4/h11,13-18H,6-10,12H2,1-5H3,(H,24,26)(H,25,27)/t14-,15+,16+,17+,18-,22+,23-/m0/s1. The van der Waals surface area contributed by atoms with Crippen molar-refractivity contribution in [2.24, 2.45) is 34.5 Å². The van der Waals surface area contributed by atoms with Crippen molar-refractivity contribution < 1.29 is 9.59 Å². The Kier molecular flexibility index (Phi) is 4.29. The van der Waals surface area contributed by atoms with Crippen LogP contribution in [0.5, 0.6) is 0 Å². The molecule has 4 nitrogen and oxygen atoms in total. The van der Waals surface area contributed by atoms with Crippen molar-refractivity contribution >= 4 is 11.8 Å². The lowest BCUT2D eigenvalue weighted by Crippen LogP contribution is -2.59. The molecule has 0 aromatic heterocycles. The van der Waals surface area contributed by atoms with Gasteiger partial charge in [-0.1, -0.05) is 19.9 Å². The number of carbonyl (C=O) groups excluding carboxylic acids is 2. The first-order valence-electron chi connectivity index (χ1n) is 10.9. The van der Waals surface area contributed by atoms with Crippen LogP contribution in [0.15, 0.2) is 12.2 Å². The van der Waals surface area contributed by atoms with Crippen molar-refractivity contribution in [3.63, 3.8) is 0 Å². The van der Waals surface area contributed by atoms with Gasteiger partial charge < -0.3 is 10.6 Å². The van der Waals surface area contributed by atoms with E-state index >= 15 is 0 Å². The molecule has 4 heteroatoms. The first-order chi connectivity index (χ1) is 12.5. The highest BCUT2D eigenvalue weighted by molar-refractivity contribution is 5.89. The van der Waals surface area contributed by atoms with Crippen LogP contribution < -0.4 is 10.6 Å². The molecule has 0 bridgehead atoms. The molecule has 3 aliphatic carbocycles. The van der Waals surface area contributed by atoms with Gasteiger partial charge in [-0.05, 0) is 88.5 Å². The number of rotatable bonds is 1. The van der Waals surface area contributed by atoms with E-state index in [2.05, 4.69) is 51.3 Å². The maximum atomic E-state index is 13.0. The molecule has 3 fully saturated rings. The van der Waals surface area contributed by atoms with E-state index in [1.54, 1.807) is 6.08 Å². The van der Waals surface area contributed by atoms with E-state index in [0.717, 1.165) is 19.3 Å². The molecule has 0 unspecified atom stereocenters. The normalized spacial score (nSPS) is 46.1. The average molecular weight is 373 g/mol. The fourth-order valence-corrected chi connectivity index (χ4v) is 7.22. The van der Waals surface area contributed by atoms with Crippen LogP contribution in [0.3, 0.4) is 0 Å². The predicted molar refractivity (Wildman–Crippen MR) is 107 cm³/mol. The Hall–Kier alpha value is -1.32. The van der Waals surface area contributed by atoms with E-state index in [4.69, 9.17) is 0 Å². The summed E-state index contributed by atoms with van der Waals surface area (Å²) >= 11 is 0. The summed E-state index contributed by atoms with van der Waals surface area (Å²) in [5, 5.41) is 6.48. The van der Waals surface area contributed by atoms with Crippen LogP contribution in [0, 0.1) is 34.5 Å². The van der Waals surface area contributed by atoms with Crippen LogP contribution in [-0.2, 0) is 9.59 Å². The molecular formula is C23H36N2O2. The molecule has 0 saturated heterocycles. The lowest BCUT2D eigenvalue weighted by molar-refractivity contribution is -0.135. The van der Waals surface area contributed by atoms with E-state index in [-0.39, 0.29) is 40.1 Å². The zero-order chi connectivity index (χ0) is 19.6. The summed E-state index contributed by atoms with van der Waals surface area (Å²) in [4.78, 5) is 24.9. The van der Waals surface area contributed by atoms with E-state index in [9.17, 15) is 9.59 Å². The minimum atomic E-state index is -0.167.